The fraction of sp³-hybridized carbons (Fsp3) is 0.188. The molecule has 0 fully saturated rings. The minimum Gasteiger partial charge on any atom is -0.497 e. The number of methoxy groups -OCH3 is 1. The van der Waals surface area contributed by atoms with Crippen LogP contribution in [0.15, 0.2) is 39.9 Å². The molecule has 9 nitrogen and oxygen atoms in total. The lowest BCUT2D eigenvalue weighted by atomic mass is 10.1. The van der Waals surface area contributed by atoms with E-state index < -0.39 is 4.92 Å². The number of hydrogen-bond acceptors (Lipinski definition) is 7. The van der Waals surface area contributed by atoms with Crippen LogP contribution in [0.4, 0.5) is 5.69 Å². The summed E-state index contributed by atoms with van der Waals surface area (Å²) >= 11 is 5.12. The Balaban J connectivity index is 1.93. The summed E-state index contributed by atoms with van der Waals surface area (Å²) in [6, 6.07) is 7.88. The number of aryl methyl sites for hydroxylation is 1. The molecule has 0 aliphatic rings. The SMILES string of the molecule is CCc1n[nH]c(=S)n1/N=C\c1ccc(-c2ccc(OC)cc2[N+](=O)[O-])o1. The number of H-pyrrole nitrogens is 1. The van der Waals surface area contributed by atoms with Crippen molar-refractivity contribution in [3.63, 3.8) is 0 Å². The van der Waals surface area contributed by atoms with E-state index >= 15 is 0 Å². The smallest absolute Gasteiger partial charge is 0.284 e. The second-order valence-electron chi connectivity index (χ2n) is 5.20. The van der Waals surface area contributed by atoms with Gasteiger partial charge in [0.2, 0.25) is 4.77 Å². The summed E-state index contributed by atoms with van der Waals surface area (Å²) in [5, 5.41) is 22.3. The molecule has 0 aliphatic carbocycles. The second-order valence-corrected chi connectivity index (χ2v) is 5.58. The van der Waals surface area contributed by atoms with E-state index in [0.717, 1.165) is 0 Å². The highest BCUT2D eigenvalue weighted by molar-refractivity contribution is 7.71. The zero-order valence-electron chi connectivity index (χ0n) is 14.0. The van der Waals surface area contributed by atoms with Crippen molar-refractivity contribution >= 4 is 24.1 Å². The molecule has 0 amide bonds. The Kier molecular flexibility index (Phi) is 4.94. The highest BCUT2D eigenvalue weighted by atomic mass is 32.1. The molecule has 0 saturated heterocycles. The van der Waals surface area contributed by atoms with Gasteiger partial charge in [-0.05, 0) is 36.5 Å². The molecule has 0 saturated carbocycles. The molecule has 134 valence electrons. The molecule has 0 radical (unpaired) electrons. The molecule has 1 aromatic carbocycles. The molecule has 3 aromatic rings. The van der Waals surface area contributed by atoms with Gasteiger partial charge in [-0.15, -0.1) is 0 Å². The molecule has 10 heteroatoms. The van der Waals surface area contributed by atoms with Gasteiger partial charge in [0, 0.05) is 6.42 Å². The Hall–Kier alpha value is -3.27. The topological polar surface area (TPSA) is 111 Å². The zero-order valence-corrected chi connectivity index (χ0v) is 14.8. The van der Waals surface area contributed by atoms with Crippen LogP contribution in [0.5, 0.6) is 5.75 Å². The van der Waals surface area contributed by atoms with Crippen LogP contribution in [0.3, 0.4) is 0 Å². The molecule has 0 bridgehead atoms. The first-order valence-electron chi connectivity index (χ1n) is 7.66. The number of aromatic nitrogens is 3. The number of aromatic amines is 1. The Morgan fingerprint density at radius 2 is 2.27 bits per heavy atom. The van der Waals surface area contributed by atoms with Gasteiger partial charge in [0.25, 0.3) is 5.69 Å². The standard InChI is InChI=1S/C16H15N5O4S/c1-3-15-18-19-16(26)20(15)17-9-11-5-7-14(25-11)12-6-4-10(24-2)8-13(12)21(22)23/h4-9H,3H2,1-2H3,(H,19,26)/b17-9-. The van der Waals surface area contributed by atoms with Crippen molar-refractivity contribution in [1.29, 1.82) is 0 Å². The maximum Gasteiger partial charge on any atom is 0.284 e. The quantitative estimate of drug-likeness (QED) is 0.306. The van der Waals surface area contributed by atoms with Crippen molar-refractivity contribution in [2.45, 2.75) is 13.3 Å². The fourth-order valence-corrected chi connectivity index (χ4v) is 2.55. The number of furan rings is 1. The molecule has 0 unspecified atom stereocenters. The predicted octanol–water partition coefficient (Wildman–Crippen LogP) is 3.56. The van der Waals surface area contributed by atoms with Crippen molar-refractivity contribution in [3.05, 3.63) is 56.8 Å². The summed E-state index contributed by atoms with van der Waals surface area (Å²) in [5.41, 5.74) is 0.247. The van der Waals surface area contributed by atoms with E-state index in [0.29, 0.717) is 39.8 Å². The third-order valence-corrected chi connectivity index (χ3v) is 3.89. The lowest BCUT2D eigenvalue weighted by Crippen LogP contribution is -1.96. The fourth-order valence-electron chi connectivity index (χ4n) is 2.35. The predicted molar refractivity (Wildman–Crippen MR) is 97.1 cm³/mol. The highest BCUT2D eigenvalue weighted by Gasteiger charge is 2.19. The largest absolute Gasteiger partial charge is 0.497 e. The first-order chi connectivity index (χ1) is 12.5. The van der Waals surface area contributed by atoms with E-state index in [9.17, 15) is 10.1 Å². The summed E-state index contributed by atoms with van der Waals surface area (Å²) in [6.45, 7) is 1.94. The zero-order chi connectivity index (χ0) is 18.7. The van der Waals surface area contributed by atoms with E-state index in [-0.39, 0.29) is 5.69 Å². The average molecular weight is 373 g/mol. The van der Waals surface area contributed by atoms with Crippen LogP contribution >= 0.6 is 12.2 Å². The highest BCUT2D eigenvalue weighted by Crippen LogP contribution is 2.33. The van der Waals surface area contributed by atoms with E-state index in [4.69, 9.17) is 21.4 Å². The lowest BCUT2D eigenvalue weighted by Gasteiger charge is -2.03. The number of nitro benzene ring substituents is 1. The number of nitro groups is 1. The van der Waals surface area contributed by atoms with Gasteiger partial charge >= 0.3 is 0 Å². The van der Waals surface area contributed by atoms with E-state index in [1.807, 2.05) is 6.92 Å². The van der Waals surface area contributed by atoms with Crippen LogP contribution in [-0.4, -0.2) is 33.1 Å². The third-order valence-electron chi connectivity index (χ3n) is 3.63. The van der Waals surface area contributed by atoms with Gasteiger partial charge in [0.05, 0.1) is 29.9 Å². The third kappa shape index (κ3) is 3.40. The second kappa shape index (κ2) is 7.31. The van der Waals surface area contributed by atoms with Crippen molar-refractivity contribution in [1.82, 2.24) is 14.9 Å². The van der Waals surface area contributed by atoms with E-state index in [2.05, 4.69) is 15.3 Å². The van der Waals surface area contributed by atoms with Crippen molar-refractivity contribution in [3.8, 4) is 17.1 Å². The molecule has 3 rings (SSSR count). The number of nitrogens with one attached hydrogen (secondary N) is 1. The number of hydrogen-bond donors (Lipinski definition) is 1. The van der Waals surface area contributed by atoms with Gasteiger partial charge in [0.15, 0.2) is 5.82 Å². The first kappa shape index (κ1) is 17.5. The van der Waals surface area contributed by atoms with Gasteiger partial charge < -0.3 is 9.15 Å². The molecule has 1 N–H and O–H groups in total. The number of rotatable bonds is 6. The maximum absolute atomic E-state index is 11.3. The molecule has 2 aromatic heterocycles. The summed E-state index contributed by atoms with van der Waals surface area (Å²) < 4.78 is 12.6. The van der Waals surface area contributed by atoms with Crippen LogP contribution < -0.4 is 4.74 Å². The maximum atomic E-state index is 11.3. The summed E-state index contributed by atoms with van der Waals surface area (Å²) in [4.78, 5) is 10.8. The van der Waals surface area contributed by atoms with Crippen LogP contribution in [0, 0.1) is 14.9 Å². The monoisotopic (exact) mass is 373 g/mol. The van der Waals surface area contributed by atoms with E-state index in [1.165, 1.54) is 24.1 Å². The van der Waals surface area contributed by atoms with Crippen LogP contribution in [0.2, 0.25) is 0 Å². The summed E-state index contributed by atoms with van der Waals surface area (Å²) in [6.07, 6.45) is 2.13. The summed E-state index contributed by atoms with van der Waals surface area (Å²) in [7, 11) is 1.45. The molecule has 0 atom stereocenters. The van der Waals surface area contributed by atoms with Gasteiger partial charge in [-0.2, -0.15) is 14.9 Å². The van der Waals surface area contributed by atoms with Crippen molar-refractivity contribution in [2.75, 3.05) is 7.11 Å². The lowest BCUT2D eigenvalue weighted by molar-refractivity contribution is -0.384. The minimum atomic E-state index is -0.480. The normalized spacial score (nSPS) is 11.2. The Bertz CT molecular complexity index is 1030. The molecular weight excluding hydrogens is 358 g/mol. The Morgan fingerprint density at radius 1 is 1.46 bits per heavy atom. The van der Waals surface area contributed by atoms with Gasteiger partial charge in [-0.25, -0.2) is 0 Å². The van der Waals surface area contributed by atoms with Gasteiger partial charge in [-0.3, -0.25) is 15.2 Å². The van der Waals surface area contributed by atoms with Crippen LogP contribution in [0.25, 0.3) is 11.3 Å². The number of benzene rings is 1. The molecule has 2 heterocycles. The van der Waals surface area contributed by atoms with Gasteiger partial charge in [0.1, 0.15) is 17.3 Å². The molecule has 0 spiro atoms. The van der Waals surface area contributed by atoms with Crippen molar-refractivity contribution in [2.24, 2.45) is 5.10 Å². The van der Waals surface area contributed by atoms with E-state index in [1.54, 1.807) is 24.3 Å². The molecule has 0 aliphatic heterocycles. The summed E-state index contributed by atoms with van der Waals surface area (Å²) in [5.74, 6) is 1.86. The molecule has 26 heavy (non-hydrogen) atoms. The number of ether oxygens (including phenoxy) is 1. The van der Waals surface area contributed by atoms with Crippen LogP contribution in [-0.2, 0) is 6.42 Å². The Morgan fingerprint density at radius 3 is 2.96 bits per heavy atom. The molecular formula is C16H15N5O4S. The van der Waals surface area contributed by atoms with Crippen molar-refractivity contribution < 1.29 is 14.1 Å². The minimum absolute atomic E-state index is 0.104. The first-order valence-corrected chi connectivity index (χ1v) is 8.07. The number of nitrogens with zero attached hydrogens (tertiary/aromatic N) is 4. The van der Waals surface area contributed by atoms with Crippen LogP contribution in [0.1, 0.15) is 18.5 Å². The van der Waals surface area contributed by atoms with Gasteiger partial charge in [-0.1, -0.05) is 6.92 Å². The average Bonchev–Trinajstić information content (AvgIpc) is 3.25. The Labute approximate surface area is 153 Å².